The van der Waals surface area contributed by atoms with E-state index in [1.165, 1.54) is 12.1 Å². The second kappa shape index (κ2) is 3.45. The van der Waals surface area contributed by atoms with E-state index in [1.54, 1.807) is 6.07 Å². The highest BCUT2D eigenvalue weighted by molar-refractivity contribution is 5.46. The number of fused-ring (bicyclic) bond motifs is 1. The molecule has 0 aliphatic carbocycles. The third-order valence-corrected chi connectivity index (χ3v) is 2.70. The number of hydrogen-bond acceptors (Lipinski definition) is 4. The van der Waals surface area contributed by atoms with Crippen LogP contribution in [0.3, 0.4) is 0 Å². The van der Waals surface area contributed by atoms with Gasteiger partial charge in [0, 0.05) is 30.2 Å². The van der Waals surface area contributed by atoms with Crippen molar-refractivity contribution >= 4 is 5.69 Å². The lowest BCUT2D eigenvalue weighted by atomic mass is 9.90. The molecule has 0 spiro atoms. The van der Waals surface area contributed by atoms with E-state index in [4.69, 9.17) is 10.5 Å². The van der Waals surface area contributed by atoms with Crippen LogP contribution in [-0.4, -0.2) is 10.5 Å². The van der Waals surface area contributed by atoms with E-state index in [9.17, 15) is 10.1 Å². The topological polar surface area (TPSA) is 78.4 Å². The lowest BCUT2D eigenvalue weighted by molar-refractivity contribution is -0.385. The highest BCUT2D eigenvalue weighted by atomic mass is 16.6. The van der Waals surface area contributed by atoms with E-state index in [0.717, 1.165) is 0 Å². The highest BCUT2D eigenvalue weighted by Crippen LogP contribution is 2.39. The lowest BCUT2D eigenvalue weighted by Gasteiger charge is -2.35. The molecule has 0 saturated heterocycles. The van der Waals surface area contributed by atoms with Gasteiger partial charge in [-0.1, -0.05) is 0 Å². The summed E-state index contributed by atoms with van der Waals surface area (Å²) < 4.78 is 5.72. The Morgan fingerprint density at radius 1 is 1.56 bits per heavy atom. The molecule has 2 rings (SSSR count). The fraction of sp³-hybridized carbons (Fsp3) is 0.455. The first-order valence-corrected chi connectivity index (χ1v) is 5.12. The molecule has 0 amide bonds. The Hall–Kier alpha value is -1.62. The number of benzene rings is 1. The molecule has 0 fully saturated rings. The van der Waals surface area contributed by atoms with Gasteiger partial charge in [0.25, 0.3) is 5.69 Å². The fourth-order valence-corrected chi connectivity index (χ4v) is 2.01. The lowest BCUT2D eigenvalue weighted by Crippen LogP contribution is -2.37. The monoisotopic (exact) mass is 222 g/mol. The van der Waals surface area contributed by atoms with Crippen molar-refractivity contribution in [2.24, 2.45) is 5.73 Å². The van der Waals surface area contributed by atoms with Crippen LogP contribution in [0.5, 0.6) is 5.75 Å². The number of rotatable bonds is 1. The first kappa shape index (κ1) is 10.9. The standard InChI is InChI=1S/C11H14N2O3/c1-11(2)6-9(12)8-5-7(13(14)15)3-4-10(8)16-11/h3-5,9H,6,12H2,1-2H3/t9-/m1/s1. The van der Waals surface area contributed by atoms with Gasteiger partial charge in [-0.25, -0.2) is 0 Å². The van der Waals surface area contributed by atoms with E-state index in [-0.39, 0.29) is 17.3 Å². The predicted octanol–water partition coefficient (Wildman–Crippen LogP) is 2.16. The largest absolute Gasteiger partial charge is 0.487 e. The molecule has 0 bridgehead atoms. The molecule has 0 unspecified atom stereocenters. The van der Waals surface area contributed by atoms with Gasteiger partial charge in [0.2, 0.25) is 0 Å². The molecule has 5 heteroatoms. The zero-order chi connectivity index (χ0) is 11.9. The molecule has 1 aliphatic rings. The molecule has 1 aromatic carbocycles. The van der Waals surface area contributed by atoms with E-state index in [2.05, 4.69) is 0 Å². The van der Waals surface area contributed by atoms with Gasteiger partial charge < -0.3 is 10.5 Å². The van der Waals surface area contributed by atoms with Crippen LogP contribution < -0.4 is 10.5 Å². The fourth-order valence-electron chi connectivity index (χ4n) is 2.01. The molecule has 1 aliphatic heterocycles. The minimum atomic E-state index is -0.424. The van der Waals surface area contributed by atoms with Crippen molar-refractivity contribution in [2.75, 3.05) is 0 Å². The summed E-state index contributed by atoms with van der Waals surface area (Å²) in [6.07, 6.45) is 0.654. The average Bonchev–Trinajstić information content (AvgIpc) is 2.15. The first-order chi connectivity index (χ1) is 7.39. The van der Waals surface area contributed by atoms with E-state index in [0.29, 0.717) is 17.7 Å². The Labute approximate surface area is 93.4 Å². The minimum Gasteiger partial charge on any atom is -0.487 e. The van der Waals surface area contributed by atoms with Gasteiger partial charge in [-0.15, -0.1) is 0 Å². The summed E-state index contributed by atoms with van der Waals surface area (Å²) >= 11 is 0. The van der Waals surface area contributed by atoms with Gasteiger partial charge in [0.1, 0.15) is 11.4 Å². The zero-order valence-corrected chi connectivity index (χ0v) is 9.27. The van der Waals surface area contributed by atoms with Crippen LogP contribution in [0.2, 0.25) is 0 Å². The molecule has 5 nitrogen and oxygen atoms in total. The molecule has 0 saturated carbocycles. The Morgan fingerprint density at radius 2 is 2.25 bits per heavy atom. The Morgan fingerprint density at radius 3 is 2.88 bits per heavy atom. The van der Waals surface area contributed by atoms with Crippen LogP contribution in [0.15, 0.2) is 18.2 Å². The van der Waals surface area contributed by atoms with Crippen LogP contribution in [0.1, 0.15) is 31.9 Å². The summed E-state index contributed by atoms with van der Waals surface area (Å²) in [4.78, 5) is 10.2. The number of ether oxygens (including phenoxy) is 1. The number of nitrogens with two attached hydrogens (primary N) is 1. The molecular weight excluding hydrogens is 208 g/mol. The van der Waals surface area contributed by atoms with Crippen LogP contribution >= 0.6 is 0 Å². The Bertz CT molecular complexity index is 443. The second-order valence-corrected chi connectivity index (χ2v) is 4.65. The molecule has 16 heavy (non-hydrogen) atoms. The van der Waals surface area contributed by atoms with Crippen molar-refractivity contribution in [1.29, 1.82) is 0 Å². The zero-order valence-electron chi connectivity index (χ0n) is 9.27. The van der Waals surface area contributed by atoms with E-state index in [1.807, 2.05) is 13.8 Å². The second-order valence-electron chi connectivity index (χ2n) is 4.65. The average molecular weight is 222 g/mol. The van der Waals surface area contributed by atoms with Crippen molar-refractivity contribution in [3.8, 4) is 5.75 Å². The van der Waals surface area contributed by atoms with Crippen molar-refractivity contribution < 1.29 is 9.66 Å². The van der Waals surface area contributed by atoms with E-state index >= 15 is 0 Å². The number of hydrogen-bond donors (Lipinski definition) is 1. The Balaban J connectivity index is 2.45. The predicted molar refractivity (Wildman–Crippen MR) is 59.3 cm³/mol. The summed E-state index contributed by atoms with van der Waals surface area (Å²) in [6, 6.07) is 4.34. The Kier molecular flexibility index (Phi) is 2.35. The highest BCUT2D eigenvalue weighted by Gasteiger charge is 2.32. The summed E-state index contributed by atoms with van der Waals surface area (Å²) in [5.41, 5.74) is 6.44. The maximum atomic E-state index is 10.6. The molecule has 1 aromatic rings. The van der Waals surface area contributed by atoms with Crippen LogP contribution in [0.25, 0.3) is 0 Å². The van der Waals surface area contributed by atoms with E-state index < -0.39 is 4.92 Å². The van der Waals surface area contributed by atoms with Gasteiger partial charge >= 0.3 is 0 Å². The quantitative estimate of drug-likeness (QED) is 0.583. The van der Waals surface area contributed by atoms with Crippen molar-refractivity contribution in [3.05, 3.63) is 33.9 Å². The number of nitrogens with zero attached hydrogens (tertiary/aromatic N) is 1. The minimum absolute atomic E-state index is 0.0532. The van der Waals surface area contributed by atoms with Gasteiger partial charge in [-0.05, 0) is 19.9 Å². The van der Waals surface area contributed by atoms with Crippen molar-refractivity contribution in [2.45, 2.75) is 31.9 Å². The third-order valence-electron chi connectivity index (χ3n) is 2.70. The summed E-state index contributed by atoms with van der Waals surface area (Å²) in [6.45, 7) is 3.91. The SMILES string of the molecule is CC1(C)C[C@@H](N)c2cc([N+](=O)[O-])ccc2O1. The number of non-ortho nitro benzene ring substituents is 1. The third kappa shape index (κ3) is 1.86. The number of nitro groups is 1. The molecule has 0 radical (unpaired) electrons. The van der Waals surface area contributed by atoms with Crippen molar-refractivity contribution in [1.82, 2.24) is 0 Å². The van der Waals surface area contributed by atoms with Gasteiger partial charge in [-0.2, -0.15) is 0 Å². The summed E-state index contributed by atoms with van der Waals surface area (Å²) in [5.74, 6) is 0.648. The molecule has 1 atom stereocenters. The van der Waals surface area contributed by atoms with Crippen LogP contribution in [-0.2, 0) is 0 Å². The number of nitro benzene ring substituents is 1. The maximum absolute atomic E-state index is 10.6. The molecule has 1 heterocycles. The maximum Gasteiger partial charge on any atom is 0.270 e. The molecule has 0 aromatic heterocycles. The first-order valence-electron chi connectivity index (χ1n) is 5.12. The van der Waals surface area contributed by atoms with Gasteiger partial charge in [0.05, 0.1) is 4.92 Å². The van der Waals surface area contributed by atoms with Crippen molar-refractivity contribution in [3.63, 3.8) is 0 Å². The normalized spacial score (nSPS) is 22.1. The summed E-state index contributed by atoms with van der Waals surface area (Å²) in [7, 11) is 0. The van der Waals surface area contributed by atoms with Crippen LogP contribution in [0.4, 0.5) is 5.69 Å². The van der Waals surface area contributed by atoms with Gasteiger partial charge in [0.15, 0.2) is 0 Å². The molecule has 2 N–H and O–H groups in total. The molecular formula is C11H14N2O3. The van der Waals surface area contributed by atoms with Gasteiger partial charge in [-0.3, -0.25) is 10.1 Å². The smallest absolute Gasteiger partial charge is 0.270 e. The van der Waals surface area contributed by atoms with Crippen LogP contribution in [0, 0.1) is 10.1 Å². The summed E-state index contributed by atoms with van der Waals surface area (Å²) in [5, 5.41) is 10.6. The molecule has 86 valence electrons.